The van der Waals surface area contributed by atoms with Gasteiger partial charge in [0.1, 0.15) is 28.3 Å². The minimum Gasteiger partial charge on any atom is -0.335 e. The summed E-state index contributed by atoms with van der Waals surface area (Å²) in [5.74, 6) is -2.56. The highest BCUT2D eigenvalue weighted by Crippen LogP contribution is 2.27. The van der Waals surface area contributed by atoms with Crippen LogP contribution in [0.3, 0.4) is 0 Å². The Morgan fingerprint density at radius 2 is 1.57 bits per heavy atom. The molecule has 0 radical (unpaired) electrons. The molecular weight excluding hydrogens is 303 g/mol. The van der Waals surface area contributed by atoms with E-state index in [9.17, 15) is 13.2 Å². The fraction of sp³-hybridized carbons (Fsp3) is 0.286. The van der Waals surface area contributed by atoms with Gasteiger partial charge in [0.2, 0.25) is 0 Å². The molecule has 1 aromatic carbocycles. The molecule has 1 heterocycles. The molecule has 7 heteroatoms. The van der Waals surface area contributed by atoms with Crippen molar-refractivity contribution in [3.63, 3.8) is 0 Å². The molecule has 2 rings (SSSR count). The Morgan fingerprint density at radius 1 is 1.00 bits per heavy atom. The summed E-state index contributed by atoms with van der Waals surface area (Å²) in [6.45, 7) is 5.63. The standard InChI is InChI=1S/C14H13ClF3N3/c1-14(2,3)13-19-10(15)6-11(21-13)20-12-8(17)4-7(16)5-9(12)18/h4-6H,1-3H3,(H,19,20,21). The lowest BCUT2D eigenvalue weighted by molar-refractivity contribution is 0.544. The van der Waals surface area contributed by atoms with E-state index in [0.717, 1.165) is 0 Å². The van der Waals surface area contributed by atoms with Crippen molar-refractivity contribution in [3.8, 4) is 0 Å². The van der Waals surface area contributed by atoms with E-state index in [4.69, 9.17) is 11.6 Å². The van der Waals surface area contributed by atoms with Crippen molar-refractivity contribution in [2.24, 2.45) is 0 Å². The largest absolute Gasteiger partial charge is 0.335 e. The van der Waals surface area contributed by atoms with Crippen molar-refractivity contribution in [2.75, 3.05) is 5.32 Å². The minimum atomic E-state index is -1.06. The molecule has 0 aliphatic heterocycles. The molecule has 0 amide bonds. The quantitative estimate of drug-likeness (QED) is 0.824. The van der Waals surface area contributed by atoms with Gasteiger partial charge >= 0.3 is 0 Å². The van der Waals surface area contributed by atoms with Crippen molar-refractivity contribution in [3.05, 3.63) is 46.6 Å². The maximum absolute atomic E-state index is 13.6. The number of nitrogens with one attached hydrogen (secondary N) is 1. The molecule has 0 saturated heterocycles. The van der Waals surface area contributed by atoms with Crippen molar-refractivity contribution >= 4 is 23.1 Å². The van der Waals surface area contributed by atoms with E-state index >= 15 is 0 Å². The van der Waals surface area contributed by atoms with Gasteiger partial charge in [-0.2, -0.15) is 0 Å². The van der Waals surface area contributed by atoms with Crippen LogP contribution in [0.4, 0.5) is 24.7 Å². The normalized spacial score (nSPS) is 11.6. The minimum absolute atomic E-state index is 0.129. The lowest BCUT2D eigenvalue weighted by atomic mass is 9.96. The van der Waals surface area contributed by atoms with Crippen LogP contribution in [0, 0.1) is 17.5 Å². The first kappa shape index (κ1) is 15.6. The fourth-order valence-electron chi connectivity index (χ4n) is 1.61. The maximum atomic E-state index is 13.6. The third-order valence-electron chi connectivity index (χ3n) is 2.63. The summed E-state index contributed by atoms with van der Waals surface area (Å²) >= 11 is 5.89. The molecule has 0 unspecified atom stereocenters. The van der Waals surface area contributed by atoms with Gasteiger partial charge in [0.15, 0.2) is 11.6 Å². The number of rotatable bonds is 2. The van der Waals surface area contributed by atoms with Gasteiger partial charge in [-0.1, -0.05) is 32.4 Å². The second-order valence-electron chi connectivity index (χ2n) is 5.52. The van der Waals surface area contributed by atoms with E-state index in [-0.39, 0.29) is 16.4 Å². The van der Waals surface area contributed by atoms with E-state index < -0.39 is 23.1 Å². The van der Waals surface area contributed by atoms with Crippen molar-refractivity contribution in [1.29, 1.82) is 0 Å². The zero-order valence-electron chi connectivity index (χ0n) is 11.6. The van der Waals surface area contributed by atoms with Gasteiger partial charge in [0, 0.05) is 23.6 Å². The van der Waals surface area contributed by atoms with Crippen molar-refractivity contribution < 1.29 is 13.2 Å². The SMILES string of the molecule is CC(C)(C)c1nc(Cl)cc(Nc2c(F)cc(F)cc2F)n1. The van der Waals surface area contributed by atoms with Gasteiger partial charge in [-0.25, -0.2) is 23.1 Å². The molecule has 0 atom stereocenters. The van der Waals surface area contributed by atoms with Gasteiger partial charge in [0.05, 0.1) is 0 Å². The molecule has 0 aliphatic rings. The first-order valence-electron chi connectivity index (χ1n) is 6.13. The monoisotopic (exact) mass is 315 g/mol. The van der Waals surface area contributed by atoms with E-state index in [1.54, 1.807) is 0 Å². The fourth-order valence-corrected chi connectivity index (χ4v) is 1.79. The highest BCUT2D eigenvalue weighted by Gasteiger charge is 2.20. The zero-order chi connectivity index (χ0) is 15.8. The zero-order valence-corrected chi connectivity index (χ0v) is 12.4. The average Bonchev–Trinajstić information content (AvgIpc) is 2.32. The number of anilines is 2. The van der Waals surface area contributed by atoms with Gasteiger partial charge in [-0.05, 0) is 0 Å². The van der Waals surface area contributed by atoms with Crippen LogP contribution < -0.4 is 5.32 Å². The van der Waals surface area contributed by atoms with Crippen LogP contribution >= 0.6 is 11.6 Å². The molecule has 1 aromatic heterocycles. The highest BCUT2D eigenvalue weighted by molar-refractivity contribution is 6.29. The summed E-state index contributed by atoms with van der Waals surface area (Å²) in [5, 5.41) is 2.61. The first-order valence-corrected chi connectivity index (χ1v) is 6.51. The number of benzene rings is 1. The van der Waals surface area contributed by atoms with Crippen LogP contribution in [-0.4, -0.2) is 9.97 Å². The molecule has 0 aliphatic carbocycles. The first-order chi connectivity index (χ1) is 9.66. The number of hydrogen-bond acceptors (Lipinski definition) is 3. The van der Waals surface area contributed by atoms with E-state index in [1.807, 2.05) is 20.8 Å². The Kier molecular flexibility index (Phi) is 4.09. The van der Waals surface area contributed by atoms with Crippen LogP contribution in [0.1, 0.15) is 26.6 Å². The Morgan fingerprint density at radius 3 is 2.10 bits per heavy atom. The van der Waals surface area contributed by atoms with Crippen LogP contribution in [0.15, 0.2) is 18.2 Å². The summed E-state index contributed by atoms with van der Waals surface area (Å²) in [6, 6.07) is 2.50. The lowest BCUT2D eigenvalue weighted by Crippen LogP contribution is -2.17. The molecule has 0 spiro atoms. The van der Waals surface area contributed by atoms with E-state index in [1.165, 1.54) is 6.07 Å². The molecule has 112 valence electrons. The second kappa shape index (κ2) is 5.52. The predicted octanol–water partition coefficient (Wildman–Crippen LogP) is 4.59. The van der Waals surface area contributed by atoms with Crippen LogP contribution in [0.5, 0.6) is 0 Å². The summed E-state index contributed by atoms with van der Waals surface area (Å²) in [6.07, 6.45) is 0. The lowest BCUT2D eigenvalue weighted by Gasteiger charge is -2.18. The smallest absolute Gasteiger partial charge is 0.152 e. The van der Waals surface area contributed by atoms with Crippen LogP contribution in [0.2, 0.25) is 5.15 Å². The third-order valence-corrected chi connectivity index (χ3v) is 2.82. The van der Waals surface area contributed by atoms with Crippen LogP contribution in [-0.2, 0) is 5.41 Å². The maximum Gasteiger partial charge on any atom is 0.152 e. The van der Waals surface area contributed by atoms with Crippen molar-refractivity contribution in [1.82, 2.24) is 9.97 Å². The molecule has 2 aromatic rings. The number of halogens is 4. The predicted molar refractivity (Wildman–Crippen MR) is 75.3 cm³/mol. The number of hydrogen-bond donors (Lipinski definition) is 1. The Balaban J connectivity index is 2.43. The molecule has 0 saturated carbocycles. The average molecular weight is 316 g/mol. The highest BCUT2D eigenvalue weighted by atomic mass is 35.5. The van der Waals surface area contributed by atoms with Gasteiger partial charge in [0.25, 0.3) is 0 Å². The summed E-state index contributed by atoms with van der Waals surface area (Å²) in [4.78, 5) is 8.24. The molecular formula is C14H13ClF3N3. The number of aromatic nitrogens is 2. The van der Waals surface area contributed by atoms with Gasteiger partial charge in [-0.3, -0.25) is 0 Å². The van der Waals surface area contributed by atoms with Gasteiger partial charge < -0.3 is 5.32 Å². The summed E-state index contributed by atoms with van der Waals surface area (Å²) < 4.78 is 40.1. The Labute approximate surface area is 125 Å². The second-order valence-corrected chi connectivity index (χ2v) is 5.91. The Hall–Kier alpha value is -1.82. The van der Waals surface area contributed by atoms with Gasteiger partial charge in [-0.15, -0.1) is 0 Å². The van der Waals surface area contributed by atoms with Crippen LogP contribution in [0.25, 0.3) is 0 Å². The number of nitrogens with zero attached hydrogens (tertiary/aromatic N) is 2. The molecule has 0 fully saturated rings. The summed E-state index contributed by atoms with van der Waals surface area (Å²) in [5.41, 5.74) is -0.882. The topological polar surface area (TPSA) is 37.8 Å². The molecule has 0 bridgehead atoms. The van der Waals surface area contributed by atoms with E-state index in [0.29, 0.717) is 18.0 Å². The third kappa shape index (κ3) is 3.64. The molecule has 3 nitrogen and oxygen atoms in total. The van der Waals surface area contributed by atoms with E-state index in [2.05, 4.69) is 15.3 Å². The molecule has 21 heavy (non-hydrogen) atoms. The summed E-state index contributed by atoms with van der Waals surface area (Å²) in [7, 11) is 0. The Bertz CT molecular complexity index is 661. The molecule has 1 N–H and O–H groups in total. The van der Waals surface area contributed by atoms with Crippen molar-refractivity contribution in [2.45, 2.75) is 26.2 Å².